The summed E-state index contributed by atoms with van der Waals surface area (Å²) in [6, 6.07) is 7.27. The molecular weight excluding hydrogens is 297 g/mol. The molecule has 2 atom stereocenters. The summed E-state index contributed by atoms with van der Waals surface area (Å²) in [5.41, 5.74) is 1.88. The van der Waals surface area contributed by atoms with Gasteiger partial charge in [0.1, 0.15) is 6.54 Å². The van der Waals surface area contributed by atoms with E-state index in [1.165, 1.54) is 0 Å². The SMILES string of the molecule is O=C1CN(C2Cc3ccccc3C2O)CCN1CC(F)(F)F. The van der Waals surface area contributed by atoms with Crippen LogP contribution in [0.15, 0.2) is 24.3 Å². The van der Waals surface area contributed by atoms with Crippen LogP contribution < -0.4 is 0 Å². The van der Waals surface area contributed by atoms with E-state index < -0.39 is 24.7 Å². The zero-order valence-corrected chi connectivity index (χ0v) is 11.9. The molecule has 1 N–H and O–H groups in total. The van der Waals surface area contributed by atoms with Gasteiger partial charge in [0.2, 0.25) is 5.91 Å². The maximum Gasteiger partial charge on any atom is 0.406 e. The fourth-order valence-electron chi connectivity index (χ4n) is 3.28. The number of aliphatic hydroxyl groups is 1. The highest BCUT2D eigenvalue weighted by Gasteiger charge is 2.40. The molecule has 7 heteroatoms. The molecular formula is C15H17F3N2O2. The monoisotopic (exact) mass is 314 g/mol. The fourth-order valence-corrected chi connectivity index (χ4v) is 3.28. The number of hydrogen-bond donors (Lipinski definition) is 1. The van der Waals surface area contributed by atoms with Crippen molar-refractivity contribution in [3.63, 3.8) is 0 Å². The Hall–Kier alpha value is -1.60. The first-order chi connectivity index (χ1) is 10.3. The Kier molecular flexibility index (Phi) is 3.86. The van der Waals surface area contributed by atoms with Gasteiger partial charge < -0.3 is 10.0 Å². The van der Waals surface area contributed by atoms with Crippen molar-refractivity contribution < 1.29 is 23.1 Å². The number of rotatable bonds is 2. The van der Waals surface area contributed by atoms with Crippen LogP contribution >= 0.6 is 0 Å². The van der Waals surface area contributed by atoms with Gasteiger partial charge in [-0.3, -0.25) is 9.69 Å². The van der Waals surface area contributed by atoms with E-state index in [2.05, 4.69) is 0 Å². The van der Waals surface area contributed by atoms with E-state index in [0.717, 1.165) is 16.0 Å². The Balaban J connectivity index is 1.66. The van der Waals surface area contributed by atoms with Gasteiger partial charge in [-0.15, -0.1) is 0 Å². The van der Waals surface area contributed by atoms with Gasteiger partial charge in [0.05, 0.1) is 12.6 Å². The van der Waals surface area contributed by atoms with Crippen molar-refractivity contribution in [2.24, 2.45) is 0 Å². The van der Waals surface area contributed by atoms with Crippen LogP contribution in [0.4, 0.5) is 13.2 Å². The van der Waals surface area contributed by atoms with Crippen LogP contribution in [0.3, 0.4) is 0 Å². The molecule has 1 aliphatic carbocycles. The molecule has 1 fully saturated rings. The van der Waals surface area contributed by atoms with Crippen molar-refractivity contribution in [1.29, 1.82) is 0 Å². The van der Waals surface area contributed by atoms with Crippen molar-refractivity contribution in [3.05, 3.63) is 35.4 Å². The molecule has 22 heavy (non-hydrogen) atoms. The van der Waals surface area contributed by atoms with Gasteiger partial charge in [0, 0.05) is 19.1 Å². The van der Waals surface area contributed by atoms with Crippen LogP contribution in [-0.4, -0.2) is 59.2 Å². The number of benzene rings is 1. The van der Waals surface area contributed by atoms with Gasteiger partial charge in [-0.05, 0) is 17.5 Å². The predicted molar refractivity (Wildman–Crippen MR) is 73.1 cm³/mol. The van der Waals surface area contributed by atoms with Gasteiger partial charge >= 0.3 is 6.18 Å². The number of carbonyl (C=O) groups excluding carboxylic acids is 1. The quantitative estimate of drug-likeness (QED) is 0.896. The third-order valence-electron chi connectivity index (χ3n) is 4.35. The number of alkyl halides is 3. The average Bonchev–Trinajstić information content (AvgIpc) is 2.78. The molecule has 0 bridgehead atoms. The lowest BCUT2D eigenvalue weighted by Gasteiger charge is -2.38. The van der Waals surface area contributed by atoms with E-state index in [-0.39, 0.29) is 19.1 Å². The third kappa shape index (κ3) is 2.96. The second kappa shape index (κ2) is 5.55. The van der Waals surface area contributed by atoms with E-state index >= 15 is 0 Å². The Morgan fingerprint density at radius 2 is 1.95 bits per heavy atom. The smallest absolute Gasteiger partial charge is 0.387 e. The highest BCUT2D eigenvalue weighted by Crippen LogP contribution is 2.34. The van der Waals surface area contributed by atoms with E-state index in [1.807, 2.05) is 24.3 Å². The first-order valence-corrected chi connectivity index (χ1v) is 7.19. The van der Waals surface area contributed by atoms with E-state index in [9.17, 15) is 23.1 Å². The van der Waals surface area contributed by atoms with Gasteiger partial charge in [-0.2, -0.15) is 13.2 Å². The highest BCUT2D eigenvalue weighted by molar-refractivity contribution is 5.79. The van der Waals surface area contributed by atoms with Crippen molar-refractivity contribution in [1.82, 2.24) is 9.80 Å². The molecule has 0 saturated carbocycles. The molecule has 1 aromatic carbocycles. The van der Waals surface area contributed by atoms with Crippen LogP contribution in [0.2, 0.25) is 0 Å². The lowest BCUT2D eigenvalue weighted by Crippen LogP contribution is -2.56. The van der Waals surface area contributed by atoms with E-state index in [4.69, 9.17) is 0 Å². The summed E-state index contributed by atoms with van der Waals surface area (Å²) in [7, 11) is 0. The zero-order chi connectivity index (χ0) is 15.9. The predicted octanol–water partition coefficient (Wildman–Crippen LogP) is 1.35. The number of amides is 1. The molecule has 120 valence electrons. The summed E-state index contributed by atoms with van der Waals surface area (Å²) >= 11 is 0. The highest BCUT2D eigenvalue weighted by atomic mass is 19.4. The van der Waals surface area contributed by atoms with E-state index in [0.29, 0.717) is 13.0 Å². The molecule has 0 aromatic heterocycles. The van der Waals surface area contributed by atoms with Crippen LogP contribution in [0.5, 0.6) is 0 Å². The van der Waals surface area contributed by atoms with Crippen LogP contribution in [-0.2, 0) is 11.2 Å². The summed E-state index contributed by atoms with van der Waals surface area (Å²) in [5.74, 6) is -0.535. The molecule has 3 rings (SSSR count). The number of fused-ring (bicyclic) bond motifs is 1. The maximum atomic E-state index is 12.4. The number of carbonyl (C=O) groups is 1. The first kappa shape index (κ1) is 15.3. The summed E-state index contributed by atoms with van der Waals surface area (Å²) < 4.78 is 37.2. The molecule has 1 aromatic rings. The maximum absolute atomic E-state index is 12.4. The summed E-state index contributed by atoms with van der Waals surface area (Å²) in [5, 5.41) is 10.4. The van der Waals surface area contributed by atoms with Crippen molar-refractivity contribution >= 4 is 5.91 Å². The minimum Gasteiger partial charge on any atom is -0.387 e. The minimum atomic E-state index is -4.37. The molecule has 1 amide bonds. The molecule has 1 saturated heterocycles. The van der Waals surface area contributed by atoms with Crippen molar-refractivity contribution in [2.45, 2.75) is 24.7 Å². The number of halogens is 3. The number of nitrogens with zero attached hydrogens (tertiary/aromatic N) is 2. The molecule has 1 heterocycles. The van der Waals surface area contributed by atoms with Crippen molar-refractivity contribution in [3.8, 4) is 0 Å². The molecule has 4 nitrogen and oxygen atoms in total. The van der Waals surface area contributed by atoms with Crippen LogP contribution in [0.1, 0.15) is 17.2 Å². The minimum absolute atomic E-state index is 0.0396. The first-order valence-electron chi connectivity index (χ1n) is 7.19. The molecule has 0 radical (unpaired) electrons. The topological polar surface area (TPSA) is 43.8 Å². The molecule has 2 unspecified atom stereocenters. The molecule has 2 aliphatic rings. The second-order valence-electron chi connectivity index (χ2n) is 5.82. The van der Waals surface area contributed by atoms with Gasteiger partial charge in [-0.1, -0.05) is 24.3 Å². The Morgan fingerprint density at radius 1 is 1.23 bits per heavy atom. The fraction of sp³-hybridized carbons (Fsp3) is 0.533. The largest absolute Gasteiger partial charge is 0.406 e. The summed E-state index contributed by atoms with van der Waals surface area (Å²) in [4.78, 5) is 14.6. The van der Waals surface area contributed by atoms with Gasteiger partial charge in [-0.25, -0.2) is 0 Å². The normalized spacial score (nSPS) is 26.4. The third-order valence-corrected chi connectivity index (χ3v) is 4.35. The zero-order valence-electron chi connectivity index (χ0n) is 11.9. The van der Waals surface area contributed by atoms with E-state index in [1.54, 1.807) is 4.90 Å². The second-order valence-corrected chi connectivity index (χ2v) is 5.82. The van der Waals surface area contributed by atoms with Crippen molar-refractivity contribution in [2.75, 3.05) is 26.2 Å². The van der Waals surface area contributed by atoms with Crippen LogP contribution in [0.25, 0.3) is 0 Å². The molecule has 1 aliphatic heterocycles. The number of piperazine rings is 1. The Labute approximate surface area is 126 Å². The Bertz CT molecular complexity index is 576. The molecule has 0 spiro atoms. The van der Waals surface area contributed by atoms with Crippen LogP contribution in [0, 0.1) is 0 Å². The van der Waals surface area contributed by atoms with Gasteiger partial charge in [0.15, 0.2) is 0 Å². The number of aliphatic hydroxyl groups excluding tert-OH is 1. The lowest BCUT2D eigenvalue weighted by molar-refractivity contribution is -0.167. The lowest BCUT2D eigenvalue weighted by atomic mass is 10.1. The summed E-state index contributed by atoms with van der Waals surface area (Å²) in [6.07, 6.45) is -4.46. The average molecular weight is 314 g/mol. The number of hydrogen-bond acceptors (Lipinski definition) is 3. The summed E-state index contributed by atoms with van der Waals surface area (Å²) in [6.45, 7) is -0.894. The standard InChI is InChI=1S/C15H17F3N2O2/c16-15(17,18)9-20-6-5-19(8-13(20)21)12-7-10-3-1-2-4-11(10)14(12)22/h1-4,12,14,22H,5-9H2. The van der Waals surface area contributed by atoms with Gasteiger partial charge in [0.25, 0.3) is 0 Å². The Morgan fingerprint density at radius 3 is 2.59 bits per heavy atom.